The fourth-order valence-electron chi connectivity index (χ4n) is 9.35. The smallest absolute Gasteiger partial charge is 0.165 e. The second kappa shape index (κ2) is 7.29. The molecule has 2 aliphatic heterocycles. The Labute approximate surface area is 217 Å². The number of rotatable bonds is 5. The number of fused-ring (bicyclic) bond motifs is 2. The molecule has 0 amide bonds. The minimum Gasteiger partial charge on any atom is -0.504 e. The molecule has 1 saturated heterocycles. The van der Waals surface area contributed by atoms with Crippen molar-refractivity contribution < 1.29 is 19.3 Å². The van der Waals surface area contributed by atoms with Crippen molar-refractivity contribution in [3.63, 3.8) is 0 Å². The molecule has 3 saturated carbocycles. The number of aromatic nitrogens is 2. The number of imidazole rings is 1. The summed E-state index contributed by atoms with van der Waals surface area (Å²) in [6.07, 6.45) is 10.6. The molecular weight excluding hydrogens is 466 g/mol. The summed E-state index contributed by atoms with van der Waals surface area (Å²) in [7, 11) is 4.15. The maximum absolute atomic E-state index is 10.9. The molecule has 1 aromatic heterocycles. The van der Waals surface area contributed by atoms with Gasteiger partial charge in [0.1, 0.15) is 17.5 Å². The number of likely N-dealkylation sites (N-methyl/N-ethyl adjacent to an activating group) is 1. The van der Waals surface area contributed by atoms with Crippen molar-refractivity contribution >= 4 is 0 Å². The predicted octanol–water partition coefficient (Wildman–Crippen LogP) is 4.10. The zero-order valence-corrected chi connectivity index (χ0v) is 21.4. The Morgan fingerprint density at radius 3 is 2.78 bits per heavy atom. The molecule has 6 aliphatic rings. The van der Waals surface area contributed by atoms with E-state index in [0.717, 1.165) is 55.8 Å². The van der Waals surface area contributed by atoms with E-state index in [-0.39, 0.29) is 28.6 Å². The summed E-state index contributed by atoms with van der Waals surface area (Å²) < 4.78 is 21.8. The minimum absolute atomic E-state index is 0.0935. The minimum atomic E-state index is -0.445. The number of benzene rings is 2. The van der Waals surface area contributed by atoms with E-state index in [4.69, 9.17) is 14.2 Å². The lowest BCUT2D eigenvalue weighted by molar-refractivity contribution is -0.278. The lowest BCUT2D eigenvalue weighted by Crippen LogP contribution is -2.81. The van der Waals surface area contributed by atoms with Crippen LogP contribution in [-0.2, 0) is 16.6 Å². The first-order chi connectivity index (χ1) is 18.0. The summed E-state index contributed by atoms with van der Waals surface area (Å²) in [5.41, 5.74) is 3.24. The fourth-order valence-corrected chi connectivity index (χ4v) is 9.35. The summed E-state index contributed by atoms with van der Waals surface area (Å²) in [6, 6.07) is 12.6. The molecule has 6 atom stereocenters. The van der Waals surface area contributed by atoms with Crippen molar-refractivity contribution in [2.45, 2.75) is 55.3 Å². The van der Waals surface area contributed by atoms with Gasteiger partial charge in [0.15, 0.2) is 11.5 Å². The highest BCUT2D eigenvalue weighted by molar-refractivity contribution is 5.63. The molecule has 2 aromatic carbocycles. The second-order valence-electron chi connectivity index (χ2n) is 11.9. The van der Waals surface area contributed by atoms with E-state index >= 15 is 0 Å². The van der Waals surface area contributed by atoms with Crippen molar-refractivity contribution in [3.8, 4) is 22.9 Å². The van der Waals surface area contributed by atoms with Crippen LogP contribution >= 0.6 is 0 Å². The van der Waals surface area contributed by atoms with Gasteiger partial charge in [0.2, 0.25) is 0 Å². The van der Waals surface area contributed by atoms with Crippen molar-refractivity contribution in [3.05, 3.63) is 66.2 Å². The number of piperidine rings is 1. The maximum atomic E-state index is 10.9. The predicted molar refractivity (Wildman–Crippen MR) is 138 cm³/mol. The molecule has 7 heteroatoms. The van der Waals surface area contributed by atoms with Gasteiger partial charge >= 0.3 is 0 Å². The quantitative estimate of drug-likeness (QED) is 0.570. The van der Waals surface area contributed by atoms with Crippen LogP contribution in [0.1, 0.15) is 36.8 Å². The number of phenols is 1. The van der Waals surface area contributed by atoms with Crippen LogP contribution in [0.25, 0.3) is 5.69 Å². The van der Waals surface area contributed by atoms with E-state index in [1.54, 1.807) is 12.5 Å². The van der Waals surface area contributed by atoms with Crippen LogP contribution in [0, 0.1) is 11.3 Å². The van der Waals surface area contributed by atoms with Crippen molar-refractivity contribution in [1.29, 1.82) is 0 Å². The molecule has 4 fully saturated rings. The van der Waals surface area contributed by atoms with E-state index in [1.807, 2.05) is 36.1 Å². The lowest BCUT2D eigenvalue weighted by atomic mass is 9.35. The lowest BCUT2D eigenvalue weighted by Gasteiger charge is -2.73. The number of methoxy groups -OCH3 is 1. The highest BCUT2D eigenvalue weighted by Gasteiger charge is 2.80. The van der Waals surface area contributed by atoms with Crippen LogP contribution in [0.4, 0.5) is 0 Å². The van der Waals surface area contributed by atoms with Gasteiger partial charge in [0, 0.05) is 53.5 Å². The summed E-state index contributed by atoms with van der Waals surface area (Å²) in [6.45, 7) is 1.63. The molecule has 37 heavy (non-hydrogen) atoms. The first-order valence-electron chi connectivity index (χ1n) is 13.5. The van der Waals surface area contributed by atoms with Crippen LogP contribution in [0.5, 0.6) is 17.2 Å². The van der Waals surface area contributed by atoms with Gasteiger partial charge < -0.3 is 28.8 Å². The van der Waals surface area contributed by atoms with E-state index in [0.29, 0.717) is 12.6 Å². The Morgan fingerprint density at radius 2 is 2.00 bits per heavy atom. The van der Waals surface area contributed by atoms with Gasteiger partial charge in [-0.05, 0) is 81.6 Å². The summed E-state index contributed by atoms with van der Waals surface area (Å²) in [5.74, 6) is 2.05. The number of aromatic hydroxyl groups is 1. The molecule has 3 aromatic rings. The Morgan fingerprint density at radius 1 is 1.14 bits per heavy atom. The second-order valence-corrected chi connectivity index (χ2v) is 11.9. The highest BCUT2D eigenvalue weighted by atomic mass is 16.6. The Kier molecular flexibility index (Phi) is 4.34. The third-order valence-electron chi connectivity index (χ3n) is 10.9. The summed E-state index contributed by atoms with van der Waals surface area (Å²) >= 11 is 0. The molecule has 1 N–H and O–H groups in total. The first-order valence-corrected chi connectivity index (χ1v) is 13.5. The molecule has 4 bridgehead atoms. The molecule has 7 nitrogen and oxygen atoms in total. The van der Waals surface area contributed by atoms with Gasteiger partial charge in [-0.25, -0.2) is 4.98 Å². The average molecular weight is 500 g/mol. The van der Waals surface area contributed by atoms with Gasteiger partial charge in [0.25, 0.3) is 0 Å². The van der Waals surface area contributed by atoms with Crippen molar-refractivity contribution in [1.82, 2.24) is 14.5 Å². The van der Waals surface area contributed by atoms with Crippen LogP contribution in [-0.4, -0.2) is 64.6 Å². The topological polar surface area (TPSA) is 69.0 Å². The SMILES string of the molecule is CO[C@]12CC[C@@]3(C[C@@H]1COc1ccc(-n4ccnc4)cc1)C1Cc4ccc(O)c5c4[C@@]3(CCN1C)[C@H]2O5. The number of ether oxygens (including phenoxy) is 3. The summed E-state index contributed by atoms with van der Waals surface area (Å²) in [5, 5.41) is 10.9. The zero-order valence-electron chi connectivity index (χ0n) is 21.4. The normalized spacial score (nSPS) is 36.8. The number of hydrogen-bond acceptors (Lipinski definition) is 6. The number of phenolic OH excluding ortho intramolecular Hbond substituents is 1. The van der Waals surface area contributed by atoms with Crippen molar-refractivity contribution in [2.75, 3.05) is 27.3 Å². The molecule has 3 heterocycles. The van der Waals surface area contributed by atoms with Gasteiger partial charge in [0.05, 0.1) is 12.9 Å². The number of hydrogen-bond donors (Lipinski definition) is 1. The standard InChI is InChI=1S/C30H33N3O4/c1-32-13-11-29-25-19-3-8-23(34)26(25)37-27(29)30(35-2)10-9-28(29,24(32)15-19)16-20(30)17-36-22-6-4-21(5-7-22)33-14-12-31-18-33/h3-8,12,14,18,20,24,27,34H,9-11,13,15-17H2,1-2H3/t20-,24?,27-,28-,29+,30-/m1/s1. The molecule has 192 valence electrons. The fraction of sp³-hybridized carbons (Fsp3) is 0.500. The molecule has 2 spiro atoms. The molecule has 4 aliphatic carbocycles. The van der Waals surface area contributed by atoms with E-state index in [2.05, 4.69) is 35.1 Å². The van der Waals surface area contributed by atoms with Crippen LogP contribution < -0.4 is 9.47 Å². The largest absolute Gasteiger partial charge is 0.504 e. The Balaban J connectivity index is 1.17. The van der Waals surface area contributed by atoms with Gasteiger partial charge in [-0.15, -0.1) is 0 Å². The van der Waals surface area contributed by atoms with E-state index in [1.165, 1.54) is 11.1 Å². The van der Waals surface area contributed by atoms with Gasteiger partial charge in [-0.2, -0.15) is 0 Å². The zero-order chi connectivity index (χ0) is 25.0. The van der Waals surface area contributed by atoms with Gasteiger partial charge in [-0.3, -0.25) is 0 Å². The van der Waals surface area contributed by atoms with Crippen LogP contribution in [0.15, 0.2) is 55.1 Å². The monoisotopic (exact) mass is 499 g/mol. The first kappa shape index (κ1) is 22.0. The Bertz CT molecular complexity index is 1370. The molecule has 1 unspecified atom stereocenters. The Hall–Kier alpha value is -3.03. The molecule has 9 rings (SSSR count). The highest BCUT2D eigenvalue weighted by Crippen LogP contribution is 2.76. The maximum Gasteiger partial charge on any atom is 0.165 e. The number of likely N-dealkylation sites (tertiary alicyclic amines) is 1. The number of nitrogens with zero attached hydrogens (tertiary/aromatic N) is 3. The van der Waals surface area contributed by atoms with Crippen molar-refractivity contribution in [2.24, 2.45) is 11.3 Å². The molecule has 0 radical (unpaired) electrons. The summed E-state index contributed by atoms with van der Waals surface area (Å²) in [4.78, 5) is 6.73. The molecular formula is C30H33N3O4. The van der Waals surface area contributed by atoms with Gasteiger partial charge in [-0.1, -0.05) is 6.07 Å². The van der Waals surface area contributed by atoms with Crippen LogP contribution in [0.3, 0.4) is 0 Å². The van der Waals surface area contributed by atoms with E-state index < -0.39 is 5.60 Å². The average Bonchev–Trinajstić information content (AvgIpc) is 3.59. The van der Waals surface area contributed by atoms with Crippen LogP contribution in [0.2, 0.25) is 0 Å². The van der Waals surface area contributed by atoms with E-state index in [9.17, 15) is 5.11 Å². The third-order valence-corrected chi connectivity index (χ3v) is 10.9. The third kappa shape index (κ3) is 2.52.